The molecule has 0 saturated heterocycles. The maximum atomic E-state index is 5.81. The highest BCUT2D eigenvalue weighted by Crippen LogP contribution is 2.34. The molecule has 1 aliphatic carbocycles. The molecule has 0 radical (unpaired) electrons. The Morgan fingerprint density at radius 1 is 1.36 bits per heavy atom. The molecule has 2 rings (SSSR count). The van der Waals surface area contributed by atoms with Gasteiger partial charge in [0.05, 0.1) is 11.1 Å². The van der Waals surface area contributed by atoms with Gasteiger partial charge in [-0.1, -0.05) is 28.1 Å². The molecular weight excluding hydrogens is 308 g/mol. The van der Waals surface area contributed by atoms with Crippen molar-refractivity contribution >= 4 is 31.9 Å². The van der Waals surface area contributed by atoms with Gasteiger partial charge in [0.2, 0.25) is 0 Å². The van der Waals surface area contributed by atoms with Crippen molar-refractivity contribution in [2.24, 2.45) is 5.92 Å². The van der Waals surface area contributed by atoms with Crippen molar-refractivity contribution in [2.75, 3.05) is 6.61 Å². The van der Waals surface area contributed by atoms with Crippen molar-refractivity contribution in [3.05, 3.63) is 28.2 Å². The Morgan fingerprint density at radius 3 is 2.79 bits per heavy atom. The normalized spacial score (nSPS) is 15.6. The van der Waals surface area contributed by atoms with Crippen molar-refractivity contribution in [1.29, 1.82) is 0 Å². The summed E-state index contributed by atoms with van der Waals surface area (Å²) >= 11 is 6.98. The summed E-state index contributed by atoms with van der Waals surface area (Å²) in [7, 11) is 0. The first-order valence-electron chi connectivity index (χ1n) is 4.77. The molecule has 1 aromatic carbocycles. The second-order valence-electron chi connectivity index (χ2n) is 3.62. The summed E-state index contributed by atoms with van der Waals surface area (Å²) in [6.45, 7) is 0.864. The van der Waals surface area contributed by atoms with Gasteiger partial charge in [-0.2, -0.15) is 0 Å². The van der Waals surface area contributed by atoms with E-state index < -0.39 is 0 Å². The van der Waals surface area contributed by atoms with Crippen molar-refractivity contribution in [1.82, 2.24) is 0 Å². The first-order chi connectivity index (χ1) is 6.81. The van der Waals surface area contributed by atoms with Gasteiger partial charge in [-0.3, -0.25) is 0 Å². The van der Waals surface area contributed by atoms with Crippen LogP contribution in [-0.4, -0.2) is 6.61 Å². The minimum atomic E-state index is 0.797. The molecule has 0 unspecified atom stereocenters. The average Bonchev–Trinajstić information content (AvgIpc) is 2.99. The van der Waals surface area contributed by atoms with E-state index >= 15 is 0 Å². The largest absolute Gasteiger partial charge is 0.492 e. The first kappa shape index (κ1) is 10.5. The highest BCUT2D eigenvalue weighted by molar-refractivity contribution is 9.10. The summed E-state index contributed by atoms with van der Waals surface area (Å²) in [6, 6.07) is 6.14. The summed E-state index contributed by atoms with van der Waals surface area (Å²) in [5.74, 6) is 1.79. The van der Waals surface area contributed by atoms with E-state index in [2.05, 4.69) is 37.9 Å². The molecule has 0 N–H and O–H groups in total. The topological polar surface area (TPSA) is 9.23 Å². The summed E-state index contributed by atoms with van der Waals surface area (Å²) < 4.78 is 6.86. The number of benzene rings is 1. The van der Waals surface area contributed by atoms with E-state index in [1.165, 1.54) is 18.4 Å². The lowest BCUT2D eigenvalue weighted by Gasteiger charge is -2.11. The quantitative estimate of drug-likeness (QED) is 0.758. The van der Waals surface area contributed by atoms with Crippen LogP contribution in [0.5, 0.6) is 5.75 Å². The second-order valence-corrected chi connectivity index (χ2v) is 5.03. The molecule has 0 heterocycles. The third-order valence-corrected chi connectivity index (χ3v) is 3.58. The molecule has 1 aromatic rings. The number of ether oxygens (including phenoxy) is 1. The molecule has 1 fully saturated rings. The predicted octanol–water partition coefficient (Wildman–Crippen LogP) is 4.13. The van der Waals surface area contributed by atoms with Gasteiger partial charge in [-0.15, -0.1) is 0 Å². The van der Waals surface area contributed by atoms with Crippen LogP contribution in [0.4, 0.5) is 0 Å². The van der Waals surface area contributed by atoms with Crippen molar-refractivity contribution < 1.29 is 4.74 Å². The number of alkyl halides is 1. The van der Waals surface area contributed by atoms with Gasteiger partial charge in [-0.05, 0) is 40.8 Å². The van der Waals surface area contributed by atoms with Gasteiger partial charge in [0.25, 0.3) is 0 Å². The molecule has 0 amide bonds. The molecule has 14 heavy (non-hydrogen) atoms. The van der Waals surface area contributed by atoms with Gasteiger partial charge in [0.1, 0.15) is 5.75 Å². The second kappa shape index (κ2) is 4.67. The van der Waals surface area contributed by atoms with Crippen molar-refractivity contribution in [3.8, 4) is 5.75 Å². The number of halogens is 2. The zero-order valence-corrected chi connectivity index (χ0v) is 11.0. The van der Waals surface area contributed by atoms with Crippen LogP contribution in [0.1, 0.15) is 18.4 Å². The highest BCUT2D eigenvalue weighted by atomic mass is 79.9. The van der Waals surface area contributed by atoms with Crippen molar-refractivity contribution in [2.45, 2.75) is 18.2 Å². The van der Waals surface area contributed by atoms with Gasteiger partial charge in [-0.25, -0.2) is 0 Å². The van der Waals surface area contributed by atoms with Gasteiger partial charge >= 0.3 is 0 Å². The molecule has 1 saturated carbocycles. The zero-order chi connectivity index (χ0) is 9.97. The third-order valence-electron chi connectivity index (χ3n) is 2.35. The smallest absolute Gasteiger partial charge is 0.137 e. The molecule has 0 bridgehead atoms. The van der Waals surface area contributed by atoms with Gasteiger partial charge in [0.15, 0.2) is 0 Å². The van der Waals surface area contributed by atoms with E-state index in [-0.39, 0.29) is 0 Å². The summed E-state index contributed by atoms with van der Waals surface area (Å²) in [5.41, 5.74) is 1.21. The third kappa shape index (κ3) is 2.51. The van der Waals surface area contributed by atoms with Crippen LogP contribution in [0.2, 0.25) is 0 Å². The Balaban J connectivity index is 2.11. The lowest BCUT2D eigenvalue weighted by Crippen LogP contribution is -2.01. The SMILES string of the molecule is BrCc1cccc(Br)c1OCC1CC1. The van der Waals surface area contributed by atoms with Gasteiger partial charge in [0, 0.05) is 10.9 Å². The van der Waals surface area contributed by atoms with Crippen LogP contribution in [0, 0.1) is 5.92 Å². The van der Waals surface area contributed by atoms with E-state index in [4.69, 9.17) is 4.74 Å². The van der Waals surface area contributed by atoms with Crippen molar-refractivity contribution in [3.63, 3.8) is 0 Å². The van der Waals surface area contributed by atoms with Crippen LogP contribution in [0.15, 0.2) is 22.7 Å². The number of rotatable bonds is 4. The Bertz CT molecular complexity index is 321. The average molecular weight is 320 g/mol. The van der Waals surface area contributed by atoms with Crippen LogP contribution in [0.25, 0.3) is 0 Å². The first-order valence-corrected chi connectivity index (χ1v) is 6.69. The summed E-state index contributed by atoms with van der Waals surface area (Å²) in [5, 5.41) is 0.840. The summed E-state index contributed by atoms with van der Waals surface area (Å²) in [6.07, 6.45) is 2.65. The number of hydrogen-bond acceptors (Lipinski definition) is 1. The fourth-order valence-corrected chi connectivity index (χ4v) is 2.27. The molecule has 3 heteroatoms. The molecule has 76 valence electrons. The van der Waals surface area contributed by atoms with E-state index in [9.17, 15) is 0 Å². The highest BCUT2D eigenvalue weighted by Gasteiger charge is 2.22. The lowest BCUT2D eigenvalue weighted by molar-refractivity contribution is 0.296. The van der Waals surface area contributed by atoms with E-state index in [1.807, 2.05) is 12.1 Å². The van der Waals surface area contributed by atoms with Crippen LogP contribution < -0.4 is 4.74 Å². The standard InChI is InChI=1S/C11H12Br2O/c12-6-9-2-1-3-10(13)11(9)14-7-8-4-5-8/h1-3,8H,4-7H2. The molecule has 1 aliphatic rings. The fourth-order valence-electron chi connectivity index (χ4n) is 1.31. The predicted molar refractivity (Wildman–Crippen MR) is 65.0 cm³/mol. The van der Waals surface area contributed by atoms with Gasteiger partial charge < -0.3 is 4.74 Å². The Hall–Kier alpha value is -0.0200. The maximum absolute atomic E-state index is 5.81. The summed E-state index contributed by atoms with van der Waals surface area (Å²) in [4.78, 5) is 0. The molecular formula is C11H12Br2O. The molecule has 0 aromatic heterocycles. The minimum Gasteiger partial charge on any atom is -0.492 e. The Kier molecular flexibility index (Phi) is 3.50. The number of hydrogen-bond donors (Lipinski definition) is 0. The molecule has 0 aliphatic heterocycles. The minimum absolute atomic E-state index is 0.797. The Labute approximate surface area is 101 Å². The van der Waals surface area contributed by atoms with Crippen LogP contribution in [0.3, 0.4) is 0 Å². The Morgan fingerprint density at radius 2 is 2.14 bits per heavy atom. The van der Waals surface area contributed by atoms with E-state index in [0.717, 1.165) is 28.1 Å². The van der Waals surface area contributed by atoms with Crippen LogP contribution in [-0.2, 0) is 5.33 Å². The van der Waals surface area contributed by atoms with Crippen LogP contribution >= 0.6 is 31.9 Å². The maximum Gasteiger partial charge on any atom is 0.137 e. The molecule has 0 atom stereocenters. The molecule has 0 spiro atoms. The lowest BCUT2D eigenvalue weighted by atomic mass is 10.2. The monoisotopic (exact) mass is 318 g/mol. The van der Waals surface area contributed by atoms with E-state index in [0.29, 0.717) is 0 Å². The number of para-hydroxylation sites is 1. The van der Waals surface area contributed by atoms with E-state index in [1.54, 1.807) is 0 Å². The fraction of sp³-hybridized carbons (Fsp3) is 0.455. The molecule has 1 nitrogen and oxygen atoms in total. The zero-order valence-electron chi connectivity index (χ0n) is 7.80.